The molecule has 1 aromatic heterocycles. The van der Waals surface area contributed by atoms with E-state index in [1.54, 1.807) is 12.1 Å². The summed E-state index contributed by atoms with van der Waals surface area (Å²) in [4.78, 5) is 28.4. The van der Waals surface area contributed by atoms with Gasteiger partial charge in [0.15, 0.2) is 0 Å². The molecule has 0 fully saturated rings. The first-order valence-corrected chi connectivity index (χ1v) is 10.8. The SMILES string of the molecule is CCOc1ccccc1NC1=C(c2cccs2)C(=O)N(CCc2ccc(F)cc2)C1=O. The minimum atomic E-state index is -0.387. The fourth-order valence-corrected chi connectivity index (χ4v) is 4.19. The van der Waals surface area contributed by atoms with Crippen LogP contribution < -0.4 is 10.1 Å². The Balaban J connectivity index is 1.63. The van der Waals surface area contributed by atoms with Crippen molar-refractivity contribution in [3.05, 3.63) is 88.0 Å². The summed E-state index contributed by atoms with van der Waals surface area (Å²) in [7, 11) is 0. The van der Waals surface area contributed by atoms with Crippen LogP contribution in [-0.2, 0) is 16.0 Å². The van der Waals surface area contributed by atoms with E-state index in [9.17, 15) is 14.0 Å². The molecule has 1 aliphatic rings. The van der Waals surface area contributed by atoms with Gasteiger partial charge in [0.1, 0.15) is 17.3 Å². The van der Waals surface area contributed by atoms with Gasteiger partial charge in [-0.15, -0.1) is 11.3 Å². The van der Waals surface area contributed by atoms with Crippen LogP contribution in [-0.4, -0.2) is 29.9 Å². The molecule has 0 radical (unpaired) electrons. The van der Waals surface area contributed by atoms with Gasteiger partial charge in [-0.2, -0.15) is 0 Å². The molecule has 0 saturated carbocycles. The second kappa shape index (κ2) is 9.14. The van der Waals surface area contributed by atoms with Crippen LogP contribution in [0, 0.1) is 5.82 Å². The van der Waals surface area contributed by atoms with Crippen molar-refractivity contribution in [1.29, 1.82) is 0 Å². The molecule has 0 unspecified atom stereocenters. The molecule has 7 heteroatoms. The molecule has 31 heavy (non-hydrogen) atoms. The van der Waals surface area contributed by atoms with Gasteiger partial charge >= 0.3 is 0 Å². The summed E-state index contributed by atoms with van der Waals surface area (Å²) in [5, 5.41) is 5.02. The number of thiophene rings is 1. The number of hydrogen-bond acceptors (Lipinski definition) is 5. The number of amides is 2. The molecule has 0 atom stereocenters. The van der Waals surface area contributed by atoms with E-state index in [0.29, 0.717) is 30.0 Å². The Morgan fingerprint density at radius 1 is 1.00 bits per heavy atom. The average molecular weight is 437 g/mol. The fraction of sp³-hybridized carbons (Fsp3) is 0.167. The zero-order chi connectivity index (χ0) is 21.8. The maximum absolute atomic E-state index is 13.3. The number of benzene rings is 2. The Hall–Kier alpha value is -3.45. The van der Waals surface area contributed by atoms with E-state index in [1.165, 1.54) is 28.4 Å². The van der Waals surface area contributed by atoms with Crippen LogP contribution in [0.15, 0.2) is 71.7 Å². The molecule has 158 valence electrons. The number of carbonyl (C=O) groups excluding carboxylic acids is 2. The van der Waals surface area contributed by atoms with Crippen LogP contribution in [0.4, 0.5) is 10.1 Å². The Morgan fingerprint density at radius 2 is 1.77 bits per heavy atom. The largest absolute Gasteiger partial charge is 0.492 e. The predicted octanol–water partition coefficient (Wildman–Crippen LogP) is 4.72. The lowest BCUT2D eigenvalue weighted by Crippen LogP contribution is -2.34. The Morgan fingerprint density at radius 3 is 2.48 bits per heavy atom. The number of nitrogens with one attached hydrogen (secondary N) is 1. The average Bonchev–Trinajstić information content (AvgIpc) is 3.37. The Labute approximate surface area is 183 Å². The second-order valence-electron chi connectivity index (χ2n) is 6.92. The number of anilines is 1. The first-order chi connectivity index (χ1) is 15.1. The van der Waals surface area contributed by atoms with Gasteiger partial charge in [-0.25, -0.2) is 4.39 Å². The molecule has 0 spiro atoms. The molecular weight excluding hydrogens is 415 g/mol. The highest BCUT2D eigenvalue weighted by Crippen LogP contribution is 2.35. The highest BCUT2D eigenvalue weighted by atomic mass is 32.1. The molecule has 1 aliphatic heterocycles. The van der Waals surface area contributed by atoms with Crippen LogP contribution in [0.2, 0.25) is 0 Å². The summed E-state index contributed by atoms with van der Waals surface area (Å²) in [5.41, 5.74) is 2.06. The standard InChI is InChI=1S/C24H21FN2O3S/c1-2-30-19-7-4-3-6-18(19)26-22-21(20-8-5-15-31-20)23(28)27(24(22)29)14-13-16-9-11-17(25)12-10-16/h3-12,15,26H,2,13-14H2,1H3. The van der Waals surface area contributed by atoms with Crippen molar-refractivity contribution < 1.29 is 18.7 Å². The topological polar surface area (TPSA) is 58.6 Å². The van der Waals surface area contributed by atoms with E-state index in [4.69, 9.17) is 4.74 Å². The lowest BCUT2D eigenvalue weighted by Gasteiger charge is -2.16. The van der Waals surface area contributed by atoms with E-state index in [2.05, 4.69) is 5.32 Å². The number of halogens is 1. The summed E-state index contributed by atoms with van der Waals surface area (Å²) in [6, 6.07) is 17.0. The van der Waals surface area contributed by atoms with E-state index < -0.39 is 0 Å². The molecule has 3 aromatic rings. The molecule has 2 amide bonds. The third-order valence-corrected chi connectivity index (χ3v) is 5.81. The normalized spacial score (nSPS) is 13.8. The monoisotopic (exact) mass is 436 g/mol. The summed E-state index contributed by atoms with van der Waals surface area (Å²) in [6.07, 6.45) is 0.443. The number of para-hydroxylation sites is 2. The summed E-state index contributed by atoms with van der Waals surface area (Å²) in [5.74, 6) is -0.445. The van der Waals surface area contributed by atoms with Gasteiger partial charge in [0, 0.05) is 11.4 Å². The quantitative estimate of drug-likeness (QED) is 0.519. The number of rotatable bonds is 8. The number of ether oxygens (including phenoxy) is 1. The van der Waals surface area contributed by atoms with Crippen LogP contribution in [0.1, 0.15) is 17.4 Å². The lowest BCUT2D eigenvalue weighted by atomic mass is 10.1. The summed E-state index contributed by atoms with van der Waals surface area (Å²) < 4.78 is 18.8. The first kappa shape index (κ1) is 20.8. The van der Waals surface area contributed by atoms with Gasteiger partial charge in [0.2, 0.25) is 0 Å². The molecule has 0 saturated heterocycles. The van der Waals surface area contributed by atoms with E-state index in [0.717, 1.165) is 10.4 Å². The molecular formula is C24H21FN2O3S. The lowest BCUT2D eigenvalue weighted by molar-refractivity contribution is -0.136. The predicted molar refractivity (Wildman–Crippen MR) is 119 cm³/mol. The molecule has 0 aliphatic carbocycles. The number of carbonyl (C=O) groups is 2. The first-order valence-electron chi connectivity index (χ1n) is 9.96. The number of imide groups is 1. The van der Waals surface area contributed by atoms with Gasteiger partial charge < -0.3 is 10.1 Å². The van der Waals surface area contributed by atoms with Crippen molar-refractivity contribution in [3.8, 4) is 5.75 Å². The number of nitrogens with zero attached hydrogens (tertiary/aromatic N) is 1. The Kier molecular flexibility index (Phi) is 6.13. The second-order valence-corrected chi connectivity index (χ2v) is 7.87. The zero-order valence-electron chi connectivity index (χ0n) is 16.9. The van der Waals surface area contributed by atoms with Crippen molar-refractivity contribution in [2.45, 2.75) is 13.3 Å². The maximum atomic E-state index is 13.3. The molecule has 2 aromatic carbocycles. The minimum absolute atomic E-state index is 0.205. The van der Waals surface area contributed by atoms with Crippen molar-refractivity contribution in [2.24, 2.45) is 0 Å². The van der Waals surface area contributed by atoms with Gasteiger partial charge in [-0.3, -0.25) is 14.5 Å². The summed E-state index contributed by atoms with van der Waals surface area (Å²) >= 11 is 1.40. The highest BCUT2D eigenvalue weighted by Gasteiger charge is 2.39. The van der Waals surface area contributed by atoms with Crippen molar-refractivity contribution in [1.82, 2.24) is 4.90 Å². The van der Waals surface area contributed by atoms with Crippen LogP contribution >= 0.6 is 11.3 Å². The van der Waals surface area contributed by atoms with Gasteiger partial charge in [-0.1, -0.05) is 30.3 Å². The fourth-order valence-electron chi connectivity index (χ4n) is 3.42. The third kappa shape index (κ3) is 4.36. The van der Waals surface area contributed by atoms with Gasteiger partial charge in [-0.05, 0) is 54.6 Å². The van der Waals surface area contributed by atoms with Crippen LogP contribution in [0.5, 0.6) is 5.75 Å². The van der Waals surface area contributed by atoms with Gasteiger partial charge in [0.25, 0.3) is 11.8 Å². The van der Waals surface area contributed by atoms with E-state index >= 15 is 0 Å². The van der Waals surface area contributed by atoms with Gasteiger partial charge in [0.05, 0.1) is 17.9 Å². The maximum Gasteiger partial charge on any atom is 0.278 e. The molecule has 5 nitrogen and oxygen atoms in total. The van der Waals surface area contributed by atoms with E-state index in [1.807, 2.05) is 48.7 Å². The molecule has 4 rings (SSSR count). The van der Waals surface area contributed by atoms with Crippen molar-refractivity contribution in [3.63, 3.8) is 0 Å². The highest BCUT2D eigenvalue weighted by molar-refractivity contribution is 7.11. The van der Waals surface area contributed by atoms with Crippen LogP contribution in [0.25, 0.3) is 5.57 Å². The summed E-state index contributed by atoms with van der Waals surface area (Å²) in [6.45, 7) is 2.57. The van der Waals surface area contributed by atoms with E-state index in [-0.39, 0.29) is 29.9 Å². The molecule has 1 N–H and O–H groups in total. The zero-order valence-corrected chi connectivity index (χ0v) is 17.7. The van der Waals surface area contributed by atoms with Crippen LogP contribution in [0.3, 0.4) is 0 Å². The smallest absolute Gasteiger partial charge is 0.278 e. The third-order valence-electron chi connectivity index (χ3n) is 4.92. The molecule has 2 heterocycles. The molecule has 0 bridgehead atoms. The number of hydrogen-bond donors (Lipinski definition) is 1. The van der Waals surface area contributed by atoms with Crippen molar-refractivity contribution >= 4 is 34.4 Å². The Bertz CT molecular complexity index is 1120. The minimum Gasteiger partial charge on any atom is -0.492 e. The van der Waals surface area contributed by atoms with Crippen molar-refractivity contribution in [2.75, 3.05) is 18.5 Å².